The molecule has 1 saturated heterocycles. The molecule has 100 valence electrons. The van der Waals surface area contributed by atoms with Gasteiger partial charge < -0.3 is 5.11 Å². The van der Waals surface area contributed by atoms with Gasteiger partial charge in [-0.3, -0.25) is 4.79 Å². The van der Waals surface area contributed by atoms with E-state index in [0.29, 0.717) is 25.8 Å². The van der Waals surface area contributed by atoms with Crippen LogP contribution in [0, 0.1) is 5.92 Å². The van der Waals surface area contributed by atoms with Crippen LogP contribution < -0.4 is 4.72 Å². The van der Waals surface area contributed by atoms with Crippen LogP contribution in [0.3, 0.4) is 0 Å². The molecular formula is C10H20N2O4S. The van der Waals surface area contributed by atoms with Crippen LogP contribution in [0.15, 0.2) is 0 Å². The number of nitrogens with zero attached hydrogens (tertiary/aromatic N) is 1. The fraction of sp³-hybridized carbons (Fsp3) is 0.900. The van der Waals surface area contributed by atoms with Gasteiger partial charge in [0.1, 0.15) is 0 Å². The zero-order valence-corrected chi connectivity index (χ0v) is 11.0. The largest absolute Gasteiger partial charge is 0.481 e. The molecule has 17 heavy (non-hydrogen) atoms. The van der Waals surface area contributed by atoms with Crippen molar-refractivity contribution in [2.45, 2.75) is 39.2 Å². The van der Waals surface area contributed by atoms with E-state index in [-0.39, 0.29) is 12.6 Å². The Morgan fingerprint density at radius 2 is 2.12 bits per heavy atom. The molecule has 6 nitrogen and oxygen atoms in total. The summed E-state index contributed by atoms with van der Waals surface area (Å²) < 4.78 is 27.6. The highest BCUT2D eigenvalue weighted by Gasteiger charge is 2.36. The minimum atomic E-state index is -3.54. The van der Waals surface area contributed by atoms with Crippen LogP contribution in [0.5, 0.6) is 0 Å². The molecule has 2 unspecified atom stereocenters. The van der Waals surface area contributed by atoms with E-state index in [1.165, 1.54) is 4.31 Å². The van der Waals surface area contributed by atoms with Crippen molar-refractivity contribution in [3.05, 3.63) is 0 Å². The molecular weight excluding hydrogens is 244 g/mol. The summed E-state index contributed by atoms with van der Waals surface area (Å²) in [5, 5.41) is 8.94. The summed E-state index contributed by atoms with van der Waals surface area (Å²) >= 11 is 0. The predicted molar refractivity (Wildman–Crippen MR) is 63.7 cm³/mol. The third-order valence-electron chi connectivity index (χ3n) is 3.02. The van der Waals surface area contributed by atoms with E-state index in [1.54, 1.807) is 0 Å². The molecule has 0 aromatic heterocycles. The van der Waals surface area contributed by atoms with Gasteiger partial charge in [-0.1, -0.05) is 6.92 Å². The molecule has 0 aromatic carbocycles. The number of hydrogen-bond acceptors (Lipinski definition) is 3. The van der Waals surface area contributed by atoms with Gasteiger partial charge in [-0.15, -0.1) is 0 Å². The first-order chi connectivity index (χ1) is 7.88. The molecule has 2 atom stereocenters. The molecule has 0 amide bonds. The number of piperidine rings is 1. The van der Waals surface area contributed by atoms with Gasteiger partial charge in [0.05, 0.1) is 5.92 Å². The van der Waals surface area contributed by atoms with Gasteiger partial charge in [-0.25, -0.2) is 4.72 Å². The van der Waals surface area contributed by atoms with Crippen molar-refractivity contribution in [1.29, 1.82) is 0 Å². The van der Waals surface area contributed by atoms with Crippen LogP contribution in [-0.4, -0.2) is 42.9 Å². The third-order valence-corrected chi connectivity index (χ3v) is 4.71. The Balaban J connectivity index is 2.76. The van der Waals surface area contributed by atoms with Gasteiger partial charge in [0.15, 0.2) is 0 Å². The highest BCUT2D eigenvalue weighted by molar-refractivity contribution is 7.87. The Kier molecular flexibility index (Phi) is 4.91. The first-order valence-electron chi connectivity index (χ1n) is 5.87. The summed E-state index contributed by atoms with van der Waals surface area (Å²) in [7, 11) is -3.54. The summed E-state index contributed by atoms with van der Waals surface area (Å²) in [6.07, 6.45) is 1.84. The van der Waals surface area contributed by atoms with Crippen LogP contribution >= 0.6 is 0 Å². The Morgan fingerprint density at radius 1 is 1.47 bits per heavy atom. The summed E-state index contributed by atoms with van der Waals surface area (Å²) in [6, 6.07) is -0.139. The standard InChI is InChI=1S/C10H20N2O4S/c1-3-6-11-17(15,16)12-7-9(10(13)14)5-4-8(12)2/h8-9,11H,3-7H2,1-2H3,(H,13,14). The minimum absolute atomic E-state index is 0.0650. The van der Waals surface area contributed by atoms with Crippen LogP contribution in [0.2, 0.25) is 0 Å². The number of hydrogen-bond donors (Lipinski definition) is 2. The van der Waals surface area contributed by atoms with Gasteiger partial charge in [-0.05, 0) is 26.2 Å². The Labute approximate surface area is 102 Å². The topological polar surface area (TPSA) is 86.7 Å². The van der Waals surface area contributed by atoms with Gasteiger partial charge in [0.2, 0.25) is 0 Å². The highest BCUT2D eigenvalue weighted by Crippen LogP contribution is 2.24. The number of carboxylic acid groups (broad SMARTS) is 1. The molecule has 1 rings (SSSR count). The van der Waals surface area contributed by atoms with Crippen molar-refractivity contribution in [2.75, 3.05) is 13.1 Å². The first-order valence-corrected chi connectivity index (χ1v) is 7.31. The molecule has 0 aliphatic carbocycles. The summed E-state index contributed by atoms with van der Waals surface area (Å²) in [5.74, 6) is -1.52. The summed E-state index contributed by atoms with van der Waals surface area (Å²) in [4.78, 5) is 10.9. The molecule has 2 N–H and O–H groups in total. The Morgan fingerprint density at radius 3 is 2.65 bits per heavy atom. The quantitative estimate of drug-likeness (QED) is 0.753. The molecule has 0 spiro atoms. The second kappa shape index (κ2) is 5.79. The van der Waals surface area contributed by atoms with Gasteiger partial charge in [-0.2, -0.15) is 12.7 Å². The van der Waals surface area contributed by atoms with Crippen LogP contribution in [0.1, 0.15) is 33.1 Å². The van der Waals surface area contributed by atoms with Gasteiger partial charge in [0, 0.05) is 19.1 Å². The van der Waals surface area contributed by atoms with Crippen LogP contribution in [0.4, 0.5) is 0 Å². The van der Waals surface area contributed by atoms with Gasteiger partial charge >= 0.3 is 5.97 Å². The number of aliphatic carboxylic acids is 1. The maximum Gasteiger partial charge on any atom is 0.307 e. The maximum absolute atomic E-state index is 11.9. The SMILES string of the molecule is CCCNS(=O)(=O)N1CC(C(=O)O)CCC1C. The molecule has 1 heterocycles. The summed E-state index contributed by atoms with van der Waals surface area (Å²) in [5.41, 5.74) is 0. The number of rotatable bonds is 5. The average Bonchev–Trinajstić information content (AvgIpc) is 2.26. The maximum atomic E-state index is 11.9. The average molecular weight is 264 g/mol. The highest BCUT2D eigenvalue weighted by atomic mass is 32.2. The van der Waals surface area contributed by atoms with E-state index >= 15 is 0 Å². The third kappa shape index (κ3) is 3.65. The van der Waals surface area contributed by atoms with E-state index in [9.17, 15) is 13.2 Å². The molecule has 0 aromatic rings. The smallest absolute Gasteiger partial charge is 0.307 e. The van der Waals surface area contributed by atoms with Crippen molar-refractivity contribution in [1.82, 2.24) is 9.03 Å². The lowest BCUT2D eigenvalue weighted by atomic mass is 9.96. The first kappa shape index (κ1) is 14.4. The minimum Gasteiger partial charge on any atom is -0.481 e. The van der Waals surface area contributed by atoms with E-state index < -0.39 is 22.1 Å². The predicted octanol–water partition coefficient (Wildman–Crippen LogP) is 0.416. The Hall–Kier alpha value is -0.660. The van der Waals surface area contributed by atoms with Crippen LogP contribution in [0.25, 0.3) is 0 Å². The molecule has 0 saturated carbocycles. The van der Waals surface area contributed by atoms with Crippen molar-refractivity contribution >= 4 is 16.2 Å². The fourth-order valence-electron chi connectivity index (χ4n) is 1.93. The van der Waals surface area contributed by atoms with E-state index in [4.69, 9.17) is 5.11 Å². The lowest BCUT2D eigenvalue weighted by Crippen LogP contribution is -2.51. The lowest BCUT2D eigenvalue weighted by Gasteiger charge is -2.35. The molecule has 1 aliphatic heterocycles. The molecule has 1 fully saturated rings. The normalized spacial score (nSPS) is 26.9. The second-order valence-electron chi connectivity index (χ2n) is 4.43. The monoisotopic (exact) mass is 264 g/mol. The van der Waals surface area contributed by atoms with Crippen LogP contribution in [-0.2, 0) is 15.0 Å². The van der Waals surface area contributed by atoms with Crippen molar-refractivity contribution in [2.24, 2.45) is 5.92 Å². The fourth-order valence-corrected chi connectivity index (χ4v) is 3.51. The van der Waals surface area contributed by atoms with Crippen molar-refractivity contribution in [3.63, 3.8) is 0 Å². The molecule has 0 bridgehead atoms. The van der Waals surface area contributed by atoms with Crippen molar-refractivity contribution < 1.29 is 18.3 Å². The summed E-state index contributed by atoms with van der Waals surface area (Å²) in [6.45, 7) is 4.13. The van der Waals surface area contributed by atoms with E-state index in [0.717, 1.165) is 0 Å². The lowest BCUT2D eigenvalue weighted by molar-refractivity contribution is -0.143. The second-order valence-corrected chi connectivity index (χ2v) is 6.14. The zero-order valence-electron chi connectivity index (χ0n) is 10.2. The number of carbonyl (C=O) groups is 1. The molecule has 7 heteroatoms. The Bertz CT molecular complexity index is 369. The van der Waals surface area contributed by atoms with Crippen molar-refractivity contribution in [3.8, 4) is 0 Å². The van der Waals surface area contributed by atoms with Gasteiger partial charge in [0.25, 0.3) is 10.2 Å². The number of nitrogens with one attached hydrogen (secondary N) is 1. The molecule has 0 radical (unpaired) electrons. The molecule has 1 aliphatic rings. The number of carboxylic acids is 1. The van der Waals surface area contributed by atoms with E-state index in [1.807, 2.05) is 13.8 Å². The zero-order chi connectivity index (χ0) is 13.1. The van der Waals surface area contributed by atoms with E-state index in [2.05, 4.69) is 4.72 Å².